The van der Waals surface area contributed by atoms with E-state index in [0.717, 1.165) is 26.2 Å². The maximum atomic E-state index is 12.0. The van der Waals surface area contributed by atoms with Crippen LogP contribution in [0.4, 0.5) is 8.78 Å². The van der Waals surface area contributed by atoms with Crippen LogP contribution in [0.2, 0.25) is 0 Å². The van der Waals surface area contributed by atoms with Crippen molar-refractivity contribution in [2.24, 2.45) is 0 Å². The average Bonchev–Trinajstić information content (AvgIpc) is 2.37. The molecule has 1 N–H and O–H groups in total. The van der Waals surface area contributed by atoms with Gasteiger partial charge in [-0.05, 0) is 12.8 Å². The minimum Gasteiger partial charge on any atom is -0.374 e. The Kier molecular flexibility index (Phi) is 7.50. The SMILES string of the molecule is Cl.FC(F)COCCN1CCNCC12CCCCC2. The van der Waals surface area contributed by atoms with Gasteiger partial charge in [0.1, 0.15) is 6.61 Å². The molecule has 2 rings (SSSR count). The van der Waals surface area contributed by atoms with E-state index >= 15 is 0 Å². The number of nitrogens with one attached hydrogen (secondary N) is 1. The average molecular weight is 299 g/mol. The minimum atomic E-state index is -2.35. The zero-order chi connectivity index (χ0) is 12.8. The van der Waals surface area contributed by atoms with Crippen molar-refractivity contribution in [1.29, 1.82) is 0 Å². The van der Waals surface area contributed by atoms with E-state index in [0.29, 0.717) is 6.61 Å². The number of hydrogen-bond acceptors (Lipinski definition) is 3. The van der Waals surface area contributed by atoms with Gasteiger partial charge in [-0.25, -0.2) is 8.78 Å². The molecule has 1 saturated heterocycles. The highest BCUT2D eigenvalue weighted by Crippen LogP contribution is 2.34. The van der Waals surface area contributed by atoms with E-state index in [4.69, 9.17) is 4.74 Å². The Bertz CT molecular complexity index is 243. The predicted octanol–water partition coefficient (Wildman–Crippen LogP) is 2.30. The lowest BCUT2D eigenvalue weighted by atomic mass is 9.79. The Balaban J connectivity index is 0.00000180. The second-order valence-corrected chi connectivity index (χ2v) is 5.41. The summed E-state index contributed by atoms with van der Waals surface area (Å²) in [7, 11) is 0. The zero-order valence-electron chi connectivity index (χ0n) is 11.4. The molecule has 1 heterocycles. The van der Waals surface area contributed by atoms with Crippen LogP contribution in [0.5, 0.6) is 0 Å². The molecular weight excluding hydrogens is 274 g/mol. The first kappa shape index (κ1) is 17.1. The summed E-state index contributed by atoms with van der Waals surface area (Å²) in [5.41, 5.74) is 0.269. The molecule has 0 aromatic heterocycles. The third-order valence-electron chi connectivity index (χ3n) is 4.22. The van der Waals surface area contributed by atoms with Gasteiger partial charge < -0.3 is 10.1 Å². The Hall–Kier alpha value is 0.0300. The first-order valence-corrected chi connectivity index (χ1v) is 7.05. The number of ether oxygens (including phenoxy) is 1. The summed E-state index contributed by atoms with van der Waals surface area (Å²) >= 11 is 0. The molecule has 0 aromatic carbocycles. The van der Waals surface area contributed by atoms with Crippen LogP contribution in [0.15, 0.2) is 0 Å². The summed E-state index contributed by atoms with van der Waals surface area (Å²) < 4.78 is 29.0. The maximum absolute atomic E-state index is 12.0. The van der Waals surface area contributed by atoms with Crippen LogP contribution >= 0.6 is 12.4 Å². The fourth-order valence-corrected chi connectivity index (χ4v) is 3.28. The number of hydrogen-bond donors (Lipinski definition) is 1. The highest BCUT2D eigenvalue weighted by atomic mass is 35.5. The second-order valence-electron chi connectivity index (χ2n) is 5.41. The van der Waals surface area contributed by atoms with E-state index in [1.165, 1.54) is 32.1 Å². The summed E-state index contributed by atoms with van der Waals surface area (Å²) in [6.07, 6.45) is 4.02. The molecule has 2 aliphatic rings. The highest BCUT2D eigenvalue weighted by Gasteiger charge is 2.39. The number of rotatable bonds is 5. The smallest absolute Gasteiger partial charge is 0.261 e. The lowest BCUT2D eigenvalue weighted by Gasteiger charge is -2.50. The Morgan fingerprint density at radius 1 is 1.21 bits per heavy atom. The molecule has 1 spiro atoms. The van der Waals surface area contributed by atoms with Crippen LogP contribution in [-0.4, -0.2) is 56.3 Å². The van der Waals surface area contributed by atoms with Crippen LogP contribution in [0.3, 0.4) is 0 Å². The van der Waals surface area contributed by atoms with Gasteiger partial charge in [0.25, 0.3) is 6.43 Å². The fraction of sp³-hybridized carbons (Fsp3) is 1.00. The van der Waals surface area contributed by atoms with Crippen LogP contribution in [0, 0.1) is 0 Å². The molecule has 0 radical (unpaired) electrons. The Labute approximate surface area is 120 Å². The summed E-state index contributed by atoms with van der Waals surface area (Å²) in [6, 6.07) is 0. The molecule has 0 unspecified atom stereocenters. The molecule has 0 atom stereocenters. The van der Waals surface area contributed by atoms with Gasteiger partial charge in [-0.2, -0.15) is 0 Å². The fourth-order valence-electron chi connectivity index (χ4n) is 3.28. The monoisotopic (exact) mass is 298 g/mol. The first-order chi connectivity index (χ1) is 8.73. The van der Waals surface area contributed by atoms with E-state index in [9.17, 15) is 8.78 Å². The Morgan fingerprint density at radius 2 is 1.95 bits per heavy atom. The van der Waals surface area contributed by atoms with Crippen molar-refractivity contribution in [3.05, 3.63) is 0 Å². The van der Waals surface area contributed by atoms with Gasteiger partial charge >= 0.3 is 0 Å². The van der Waals surface area contributed by atoms with Gasteiger partial charge in [0, 0.05) is 31.7 Å². The molecule has 1 aliphatic heterocycles. The first-order valence-electron chi connectivity index (χ1n) is 7.05. The summed E-state index contributed by atoms with van der Waals surface area (Å²) in [4.78, 5) is 2.47. The van der Waals surface area contributed by atoms with E-state index in [-0.39, 0.29) is 17.9 Å². The number of piperazine rings is 1. The molecule has 19 heavy (non-hydrogen) atoms. The van der Waals surface area contributed by atoms with Crippen LogP contribution < -0.4 is 5.32 Å². The molecular formula is C13H25ClF2N2O. The largest absolute Gasteiger partial charge is 0.374 e. The summed E-state index contributed by atoms with van der Waals surface area (Å²) in [5.74, 6) is 0. The van der Waals surface area contributed by atoms with E-state index in [1.807, 2.05) is 0 Å². The lowest BCUT2D eigenvalue weighted by Crippen LogP contribution is -2.62. The third-order valence-corrected chi connectivity index (χ3v) is 4.22. The molecule has 6 heteroatoms. The third kappa shape index (κ3) is 4.81. The zero-order valence-corrected chi connectivity index (χ0v) is 12.2. The Morgan fingerprint density at radius 3 is 2.63 bits per heavy atom. The number of halogens is 3. The van der Waals surface area contributed by atoms with Crippen molar-refractivity contribution in [2.75, 3.05) is 39.4 Å². The van der Waals surface area contributed by atoms with Gasteiger partial charge in [-0.3, -0.25) is 4.90 Å². The summed E-state index contributed by atoms with van der Waals surface area (Å²) in [5, 5.41) is 3.48. The summed E-state index contributed by atoms with van der Waals surface area (Å²) in [6.45, 7) is 3.83. The molecule has 0 amide bonds. The van der Waals surface area contributed by atoms with Gasteiger partial charge in [0.15, 0.2) is 0 Å². The van der Waals surface area contributed by atoms with Crippen LogP contribution in [0.1, 0.15) is 32.1 Å². The van der Waals surface area contributed by atoms with E-state index in [1.54, 1.807) is 0 Å². The van der Waals surface area contributed by atoms with Crippen molar-refractivity contribution >= 4 is 12.4 Å². The topological polar surface area (TPSA) is 24.5 Å². The maximum Gasteiger partial charge on any atom is 0.261 e. The van der Waals surface area contributed by atoms with Crippen molar-refractivity contribution in [1.82, 2.24) is 10.2 Å². The molecule has 1 aliphatic carbocycles. The van der Waals surface area contributed by atoms with Crippen molar-refractivity contribution < 1.29 is 13.5 Å². The van der Waals surface area contributed by atoms with E-state index < -0.39 is 13.0 Å². The van der Waals surface area contributed by atoms with Crippen LogP contribution in [0.25, 0.3) is 0 Å². The molecule has 3 nitrogen and oxygen atoms in total. The molecule has 0 bridgehead atoms. The molecule has 114 valence electrons. The number of nitrogens with zero attached hydrogens (tertiary/aromatic N) is 1. The van der Waals surface area contributed by atoms with Gasteiger partial charge in [0.2, 0.25) is 0 Å². The predicted molar refractivity (Wildman–Crippen MR) is 74.3 cm³/mol. The van der Waals surface area contributed by atoms with Gasteiger partial charge in [0.05, 0.1) is 6.61 Å². The standard InChI is InChI=1S/C13H24F2N2O.ClH/c14-12(15)10-18-9-8-17-7-6-16-11-13(17)4-2-1-3-5-13;/h12,16H,1-11H2;1H. The van der Waals surface area contributed by atoms with Crippen molar-refractivity contribution in [3.8, 4) is 0 Å². The van der Waals surface area contributed by atoms with Gasteiger partial charge in [-0.1, -0.05) is 19.3 Å². The molecule has 2 fully saturated rings. The van der Waals surface area contributed by atoms with Crippen molar-refractivity contribution in [3.63, 3.8) is 0 Å². The quantitative estimate of drug-likeness (QED) is 0.788. The lowest BCUT2D eigenvalue weighted by molar-refractivity contribution is -0.0220. The normalized spacial score (nSPS) is 23.5. The minimum absolute atomic E-state index is 0. The van der Waals surface area contributed by atoms with Crippen molar-refractivity contribution in [2.45, 2.75) is 44.1 Å². The highest BCUT2D eigenvalue weighted by molar-refractivity contribution is 5.85. The molecule has 0 aromatic rings. The molecule has 1 saturated carbocycles. The second kappa shape index (κ2) is 8.35. The van der Waals surface area contributed by atoms with E-state index in [2.05, 4.69) is 10.2 Å². The van der Waals surface area contributed by atoms with Gasteiger partial charge in [-0.15, -0.1) is 12.4 Å². The number of alkyl halides is 2. The van der Waals surface area contributed by atoms with Crippen LogP contribution in [-0.2, 0) is 4.74 Å².